The lowest BCUT2D eigenvalue weighted by Gasteiger charge is -2.45. The highest BCUT2D eigenvalue weighted by molar-refractivity contribution is 5.15. The fraction of sp³-hybridized carbons (Fsp3) is 0.812. The molecule has 1 rings (SSSR count). The molecule has 0 aliphatic carbocycles. The maximum atomic E-state index is 4.51. The summed E-state index contributed by atoms with van der Waals surface area (Å²) < 4.78 is 2.16. The van der Waals surface area contributed by atoms with Gasteiger partial charge >= 0.3 is 0 Å². The highest BCUT2D eigenvalue weighted by Crippen LogP contribution is 2.35. The Morgan fingerprint density at radius 3 is 2.35 bits per heavy atom. The van der Waals surface area contributed by atoms with Gasteiger partial charge in [0, 0.05) is 18.3 Å². The summed E-state index contributed by atoms with van der Waals surface area (Å²) in [5.74, 6) is 0. The fourth-order valence-corrected chi connectivity index (χ4v) is 3.31. The van der Waals surface area contributed by atoms with E-state index in [1.54, 1.807) is 0 Å². The summed E-state index contributed by atoms with van der Waals surface area (Å²) in [4.78, 5) is 2.38. The van der Waals surface area contributed by atoms with E-state index >= 15 is 0 Å². The third-order valence-corrected chi connectivity index (χ3v) is 4.54. The van der Waals surface area contributed by atoms with Crippen LogP contribution in [-0.4, -0.2) is 40.9 Å². The van der Waals surface area contributed by atoms with Crippen LogP contribution in [0.4, 0.5) is 0 Å². The van der Waals surface area contributed by atoms with Gasteiger partial charge in [-0.25, -0.2) is 0 Å². The normalized spacial score (nSPS) is 13.9. The van der Waals surface area contributed by atoms with Gasteiger partial charge in [-0.05, 0) is 46.0 Å². The standard InChI is InChI=1S/C16H32N4/c1-7-13-20-14(11-12-18-20)15(17-10-4)16(8-2,9-3)19(5)6/h11-12,15,17H,7-10,13H2,1-6H3. The van der Waals surface area contributed by atoms with Gasteiger partial charge in [-0.3, -0.25) is 4.68 Å². The summed E-state index contributed by atoms with van der Waals surface area (Å²) in [7, 11) is 4.38. The Kier molecular flexibility index (Phi) is 6.69. The smallest absolute Gasteiger partial charge is 0.0678 e. The first-order chi connectivity index (χ1) is 9.57. The van der Waals surface area contributed by atoms with Crippen LogP contribution in [-0.2, 0) is 6.54 Å². The molecule has 1 aromatic rings. The lowest BCUT2D eigenvalue weighted by atomic mass is 9.81. The third-order valence-electron chi connectivity index (χ3n) is 4.54. The number of hydrogen-bond acceptors (Lipinski definition) is 3. The van der Waals surface area contributed by atoms with Gasteiger partial charge in [0.25, 0.3) is 0 Å². The van der Waals surface area contributed by atoms with E-state index < -0.39 is 0 Å². The second kappa shape index (κ2) is 7.79. The van der Waals surface area contributed by atoms with Gasteiger partial charge in [-0.15, -0.1) is 0 Å². The number of nitrogens with zero attached hydrogens (tertiary/aromatic N) is 3. The number of aromatic nitrogens is 2. The lowest BCUT2D eigenvalue weighted by Crippen LogP contribution is -2.53. The molecule has 0 aromatic carbocycles. The molecule has 0 fully saturated rings. The van der Waals surface area contributed by atoms with Crippen LogP contribution in [0.5, 0.6) is 0 Å². The van der Waals surface area contributed by atoms with Crippen molar-refractivity contribution in [1.29, 1.82) is 0 Å². The van der Waals surface area contributed by atoms with Crippen LogP contribution in [0.1, 0.15) is 58.7 Å². The summed E-state index contributed by atoms with van der Waals surface area (Å²) in [6.07, 6.45) is 5.28. The lowest BCUT2D eigenvalue weighted by molar-refractivity contribution is 0.0846. The van der Waals surface area contributed by atoms with Crippen molar-refractivity contribution < 1.29 is 0 Å². The SMILES string of the molecule is CCCn1nccc1C(NCC)C(CC)(CC)N(C)C. The van der Waals surface area contributed by atoms with Crippen LogP contribution >= 0.6 is 0 Å². The maximum Gasteiger partial charge on any atom is 0.0678 e. The minimum absolute atomic E-state index is 0.127. The Bertz CT molecular complexity index is 380. The van der Waals surface area contributed by atoms with Gasteiger partial charge in [0.2, 0.25) is 0 Å². The van der Waals surface area contributed by atoms with E-state index in [9.17, 15) is 0 Å². The maximum absolute atomic E-state index is 4.51. The Hall–Kier alpha value is -0.870. The monoisotopic (exact) mass is 280 g/mol. The topological polar surface area (TPSA) is 33.1 Å². The van der Waals surface area contributed by atoms with Gasteiger partial charge in [0.05, 0.1) is 11.7 Å². The van der Waals surface area contributed by atoms with Crippen LogP contribution in [0.25, 0.3) is 0 Å². The van der Waals surface area contributed by atoms with E-state index in [0.29, 0.717) is 6.04 Å². The van der Waals surface area contributed by atoms with E-state index in [1.165, 1.54) is 5.69 Å². The zero-order chi connectivity index (χ0) is 15.2. The molecule has 4 heteroatoms. The molecule has 0 amide bonds. The molecule has 0 spiro atoms. The summed E-state index contributed by atoms with van der Waals surface area (Å²) >= 11 is 0. The predicted octanol–water partition coefficient (Wildman–Crippen LogP) is 3.06. The summed E-state index contributed by atoms with van der Waals surface area (Å²) in [5, 5.41) is 8.21. The molecule has 0 bridgehead atoms. The second-order valence-electron chi connectivity index (χ2n) is 5.68. The van der Waals surface area contributed by atoms with Crippen molar-refractivity contribution in [1.82, 2.24) is 20.0 Å². The molecular formula is C16H32N4. The minimum Gasteiger partial charge on any atom is -0.307 e. The molecule has 0 aliphatic heterocycles. The summed E-state index contributed by atoms with van der Waals surface area (Å²) in [6.45, 7) is 10.9. The Morgan fingerprint density at radius 1 is 1.25 bits per heavy atom. The Labute approximate surface area is 124 Å². The zero-order valence-electron chi connectivity index (χ0n) is 14.1. The molecular weight excluding hydrogens is 248 g/mol. The molecule has 0 saturated carbocycles. The van der Waals surface area contributed by atoms with Gasteiger partial charge in [0.15, 0.2) is 0 Å². The van der Waals surface area contributed by atoms with E-state index in [-0.39, 0.29) is 5.54 Å². The number of aryl methyl sites for hydroxylation is 1. The van der Waals surface area contributed by atoms with E-state index in [4.69, 9.17) is 0 Å². The number of rotatable bonds is 9. The van der Waals surface area contributed by atoms with Crippen molar-refractivity contribution in [2.75, 3.05) is 20.6 Å². The molecule has 1 aromatic heterocycles. The van der Waals surface area contributed by atoms with E-state index in [2.05, 4.69) is 67.9 Å². The predicted molar refractivity (Wildman–Crippen MR) is 85.9 cm³/mol. The quantitative estimate of drug-likeness (QED) is 0.754. The van der Waals surface area contributed by atoms with Gasteiger partial charge in [0.1, 0.15) is 0 Å². The number of nitrogens with one attached hydrogen (secondary N) is 1. The average Bonchev–Trinajstić information content (AvgIpc) is 2.87. The van der Waals surface area contributed by atoms with Crippen molar-refractivity contribution in [2.45, 2.75) is 65.1 Å². The van der Waals surface area contributed by atoms with E-state index in [0.717, 1.165) is 32.4 Å². The molecule has 1 heterocycles. The number of hydrogen-bond donors (Lipinski definition) is 1. The highest BCUT2D eigenvalue weighted by atomic mass is 15.3. The van der Waals surface area contributed by atoms with Crippen LogP contribution < -0.4 is 5.32 Å². The van der Waals surface area contributed by atoms with Crippen LogP contribution in [0.15, 0.2) is 12.3 Å². The van der Waals surface area contributed by atoms with Gasteiger partial charge in [-0.1, -0.05) is 27.7 Å². The van der Waals surface area contributed by atoms with Crippen LogP contribution in [0.3, 0.4) is 0 Å². The van der Waals surface area contributed by atoms with Crippen LogP contribution in [0.2, 0.25) is 0 Å². The molecule has 20 heavy (non-hydrogen) atoms. The van der Waals surface area contributed by atoms with Gasteiger partial charge < -0.3 is 10.2 Å². The molecule has 1 unspecified atom stereocenters. The molecule has 0 saturated heterocycles. The Balaban J connectivity index is 3.23. The highest BCUT2D eigenvalue weighted by Gasteiger charge is 2.39. The number of likely N-dealkylation sites (N-methyl/N-ethyl adjacent to an activating group) is 2. The summed E-state index contributed by atoms with van der Waals surface area (Å²) in [5.41, 5.74) is 1.44. The first kappa shape index (κ1) is 17.2. The molecule has 0 radical (unpaired) electrons. The van der Waals surface area contributed by atoms with Gasteiger partial charge in [-0.2, -0.15) is 5.10 Å². The first-order valence-corrected chi connectivity index (χ1v) is 7.99. The molecule has 4 nitrogen and oxygen atoms in total. The van der Waals surface area contributed by atoms with Crippen molar-refractivity contribution in [3.05, 3.63) is 18.0 Å². The zero-order valence-corrected chi connectivity index (χ0v) is 14.1. The average molecular weight is 280 g/mol. The third kappa shape index (κ3) is 3.23. The largest absolute Gasteiger partial charge is 0.307 e. The first-order valence-electron chi connectivity index (χ1n) is 7.99. The summed E-state index contributed by atoms with van der Waals surface area (Å²) in [6, 6.07) is 2.48. The van der Waals surface area contributed by atoms with Crippen molar-refractivity contribution in [2.24, 2.45) is 0 Å². The second-order valence-corrected chi connectivity index (χ2v) is 5.68. The van der Waals surface area contributed by atoms with Crippen LogP contribution in [0, 0.1) is 0 Å². The van der Waals surface area contributed by atoms with E-state index in [1.807, 2.05) is 6.20 Å². The van der Waals surface area contributed by atoms with Crippen molar-refractivity contribution in [3.63, 3.8) is 0 Å². The molecule has 116 valence electrons. The molecule has 0 aliphatic rings. The fourth-order valence-electron chi connectivity index (χ4n) is 3.31. The molecule has 1 atom stereocenters. The Morgan fingerprint density at radius 2 is 1.90 bits per heavy atom. The van der Waals surface area contributed by atoms with Crippen molar-refractivity contribution >= 4 is 0 Å². The van der Waals surface area contributed by atoms with Crippen molar-refractivity contribution in [3.8, 4) is 0 Å². The molecule has 1 N–H and O–H groups in total. The minimum atomic E-state index is 0.127.